The minimum Gasteiger partial charge on any atom is -0.481 e. The molecule has 0 saturated carbocycles. The van der Waals surface area contributed by atoms with Gasteiger partial charge in [0.05, 0.1) is 5.92 Å². The van der Waals surface area contributed by atoms with Gasteiger partial charge in [-0.2, -0.15) is 0 Å². The van der Waals surface area contributed by atoms with Gasteiger partial charge in [-0.1, -0.05) is 57.0 Å². The van der Waals surface area contributed by atoms with Crippen molar-refractivity contribution < 1.29 is 9.90 Å². The zero-order chi connectivity index (χ0) is 12.7. The second kappa shape index (κ2) is 7.10. The Morgan fingerprint density at radius 2 is 1.82 bits per heavy atom. The molecule has 0 amide bonds. The van der Waals surface area contributed by atoms with Crippen molar-refractivity contribution in [2.45, 2.75) is 39.5 Å². The Hall–Kier alpha value is -1.31. The summed E-state index contributed by atoms with van der Waals surface area (Å²) in [6.45, 7) is 4.35. The van der Waals surface area contributed by atoms with Crippen molar-refractivity contribution in [3.05, 3.63) is 35.9 Å². The van der Waals surface area contributed by atoms with Crippen molar-refractivity contribution in [1.82, 2.24) is 0 Å². The van der Waals surface area contributed by atoms with Gasteiger partial charge in [-0.25, -0.2) is 0 Å². The molecule has 0 aromatic heterocycles. The fraction of sp³-hybridized carbons (Fsp3) is 0.533. The van der Waals surface area contributed by atoms with Crippen molar-refractivity contribution in [1.29, 1.82) is 0 Å². The Morgan fingerprint density at radius 3 is 2.35 bits per heavy atom. The maximum Gasteiger partial charge on any atom is 0.306 e. The molecule has 0 fully saturated rings. The van der Waals surface area contributed by atoms with Crippen LogP contribution in [-0.2, 0) is 11.2 Å². The first-order chi connectivity index (χ1) is 8.09. The molecule has 17 heavy (non-hydrogen) atoms. The van der Waals surface area contributed by atoms with Gasteiger partial charge in [0.1, 0.15) is 0 Å². The third kappa shape index (κ3) is 5.53. The number of carboxylic acid groups (broad SMARTS) is 1. The van der Waals surface area contributed by atoms with Crippen LogP contribution in [0, 0.1) is 11.8 Å². The fourth-order valence-electron chi connectivity index (χ4n) is 1.98. The van der Waals surface area contributed by atoms with Gasteiger partial charge in [0.2, 0.25) is 0 Å². The highest BCUT2D eigenvalue weighted by Crippen LogP contribution is 2.17. The van der Waals surface area contributed by atoms with Crippen molar-refractivity contribution in [2.24, 2.45) is 11.8 Å². The Labute approximate surface area is 104 Å². The van der Waals surface area contributed by atoms with E-state index in [1.165, 1.54) is 0 Å². The highest BCUT2D eigenvalue weighted by atomic mass is 16.4. The Bertz CT molecular complexity index is 330. The second-order valence-corrected chi connectivity index (χ2v) is 5.05. The third-order valence-corrected chi connectivity index (χ3v) is 3.01. The third-order valence-electron chi connectivity index (χ3n) is 3.01. The standard InChI is InChI=1S/C15H22O2/c1-12(2)7-6-10-14(15(16)17)11-13-8-4-3-5-9-13/h3-5,8-9,12,14H,6-7,10-11H2,1-2H3,(H,16,17). The largest absolute Gasteiger partial charge is 0.481 e. The van der Waals surface area contributed by atoms with E-state index in [0.717, 1.165) is 24.8 Å². The molecule has 94 valence electrons. The molecule has 0 bridgehead atoms. The zero-order valence-electron chi connectivity index (χ0n) is 10.7. The van der Waals surface area contributed by atoms with Gasteiger partial charge >= 0.3 is 5.97 Å². The molecule has 1 rings (SSSR count). The van der Waals surface area contributed by atoms with E-state index in [1.807, 2.05) is 30.3 Å². The van der Waals surface area contributed by atoms with Crippen molar-refractivity contribution >= 4 is 5.97 Å². The van der Waals surface area contributed by atoms with Crippen LogP contribution in [0.15, 0.2) is 30.3 Å². The maximum atomic E-state index is 11.2. The van der Waals surface area contributed by atoms with Crippen molar-refractivity contribution in [2.75, 3.05) is 0 Å². The van der Waals surface area contributed by atoms with E-state index in [4.69, 9.17) is 0 Å². The molecule has 1 N–H and O–H groups in total. The quantitative estimate of drug-likeness (QED) is 0.780. The topological polar surface area (TPSA) is 37.3 Å². The van der Waals surface area contributed by atoms with Crippen molar-refractivity contribution in [3.63, 3.8) is 0 Å². The molecule has 1 unspecified atom stereocenters. The monoisotopic (exact) mass is 234 g/mol. The summed E-state index contributed by atoms with van der Waals surface area (Å²) < 4.78 is 0. The van der Waals surface area contributed by atoms with Crippen LogP contribution in [0.2, 0.25) is 0 Å². The predicted octanol–water partition coefficient (Wildman–Crippen LogP) is 3.76. The van der Waals surface area contributed by atoms with Crippen LogP contribution >= 0.6 is 0 Å². The summed E-state index contributed by atoms with van der Waals surface area (Å²) in [4.78, 5) is 11.2. The van der Waals surface area contributed by atoms with Crippen LogP contribution in [0.25, 0.3) is 0 Å². The zero-order valence-corrected chi connectivity index (χ0v) is 10.7. The van der Waals surface area contributed by atoms with Crippen LogP contribution < -0.4 is 0 Å². The van der Waals surface area contributed by atoms with Gasteiger partial charge in [-0.05, 0) is 24.3 Å². The summed E-state index contributed by atoms with van der Waals surface area (Å²) in [5.74, 6) is -0.255. The average molecular weight is 234 g/mol. The van der Waals surface area contributed by atoms with E-state index in [0.29, 0.717) is 12.3 Å². The Morgan fingerprint density at radius 1 is 1.18 bits per heavy atom. The van der Waals surface area contributed by atoms with Gasteiger partial charge in [0, 0.05) is 0 Å². The minimum atomic E-state index is -0.669. The summed E-state index contributed by atoms with van der Waals surface area (Å²) in [5.41, 5.74) is 1.12. The Balaban J connectivity index is 2.47. The first kappa shape index (κ1) is 13.8. The van der Waals surface area contributed by atoms with Gasteiger partial charge in [0.15, 0.2) is 0 Å². The summed E-state index contributed by atoms with van der Waals surface area (Å²) in [6, 6.07) is 9.87. The van der Waals surface area contributed by atoms with Gasteiger partial charge < -0.3 is 5.11 Å². The molecule has 2 heteroatoms. The van der Waals surface area contributed by atoms with Crippen LogP contribution in [0.5, 0.6) is 0 Å². The Kier molecular flexibility index (Phi) is 5.75. The molecule has 1 atom stereocenters. The molecule has 0 aliphatic heterocycles. The molecule has 1 aromatic rings. The van der Waals surface area contributed by atoms with E-state index < -0.39 is 5.97 Å². The number of aliphatic carboxylic acids is 1. The maximum absolute atomic E-state index is 11.2. The predicted molar refractivity (Wildman–Crippen MR) is 70.0 cm³/mol. The first-order valence-electron chi connectivity index (χ1n) is 6.36. The molecular weight excluding hydrogens is 212 g/mol. The molecule has 2 nitrogen and oxygen atoms in total. The van der Waals surface area contributed by atoms with Crippen LogP contribution in [0.4, 0.5) is 0 Å². The molecule has 0 spiro atoms. The van der Waals surface area contributed by atoms with E-state index in [9.17, 15) is 9.90 Å². The number of hydrogen-bond acceptors (Lipinski definition) is 1. The lowest BCUT2D eigenvalue weighted by Gasteiger charge is -2.13. The summed E-state index contributed by atoms with van der Waals surface area (Å²) in [6.07, 6.45) is 3.54. The highest BCUT2D eigenvalue weighted by molar-refractivity contribution is 5.70. The van der Waals surface area contributed by atoms with Crippen LogP contribution in [-0.4, -0.2) is 11.1 Å². The number of benzene rings is 1. The summed E-state index contributed by atoms with van der Waals surface area (Å²) >= 11 is 0. The number of rotatable bonds is 7. The number of carboxylic acids is 1. The highest BCUT2D eigenvalue weighted by Gasteiger charge is 2.17. The normalized spacial score (nSPS) is 12.6. The lowest BCUT2D eigenvalue weighted by atomic mass is 9.92. The molecule has 0 radical (unpaired) electrons. The second-order valence-electron chi connectivity index (χ2n) is 5.05. The molecule has 1 aromatic carbocycles. The molecular formula is C15H22O2. The average Bonchev–Trinajstić information content (AvgIpc) is 2.28. The number of hydrogen-bond donors (Lipinski definition) is 1. The van der Waals surface area contributed by atoms with Gasteiger partial charge in [0.25, 0.3) is 0 Å². The smallest absolute Gasteiger partial charge is 0.306 e. The molecule has 0 heterocycles. The minimum absolute atomic E-state index is 0.240. The molecule has 0 aliphatic rings. The van der Waals surface area contributed by atoms with Gasteiger partial charge in [-0.15, -0.1) is 0 Å². The lowest BCUT2D eigenvalue weighted by molar-refractivity contribution is -0.142. The van der Waals surface area contributed by atoms with Crippen LogP contribution in [0.1, 0.15) is 38.7 Å². The van der Waals surface area contributed by atoms with E-state index >= 15 is 0 Å². The SMILES string of the molecule is CC(C)CCCC(Cc1ccccc1)C(=O)O. The summed E-state index contributed by atoms with van der Waals surface area (Å²) in [7, 11) is 0. The first-order valence-corrected chi connectivity index (χ1v) is 6.36. The van der Waals surface area contributed by atoms with Gasteiger partial charge in [-0.3, -0.25) is 4.79 Å². The van der Waals surface area contributed by atoms with Crippen LogP contribution in [0.3, 0.4) is 0 Å². The van der Waals surface area contributed by atoms with Crippen molar-refractivity contribution in [3.8, 4) is 0 Å². The van der Waals surface area contributed by atoms with E-state index in [1.54, 1.807) is 0 Å². The number of carbonyl (C=O) groups is 1. The van der Waals surface area contributed by atoms with E-state index in [-0.39, 0.29) is 5.92 Å². The molecule has 0 aliphatic carbocycles. The summed E-state index contributed by atoms with van der Waals surface area (Å²) in [5, 5.41) is 9.20. The molecule has 0 saturated heterocycles. The fourth-order valence-corrected chi connectivity index (χ4v) is 1.98. The van der Waals surface area contributed by atoms with E-state index in [2.05, 4.69) is 13.8 Å². The lowest BCUT2D eigenvalue weighted by Crippen LogP contribution is -2.16.